The molecule has 1 amide bonds. The minimum atomic E-state index is -0.730. The monoisotopic (exact) mass is 253 g/mol. The number of para-hydroxylation sites is 2. The topological polar surface area (TPSA) is 85.6 Å². The molecule has 0 bridgehead atoms. The number of thiocarbonyl (C=S) groups is 1. The average molecular weight is 253 g/mol. The van der Waals surface area contributed by atoms with E-state index in [-0.39, 0.29) is 11.7 Å². The first-order valence-electron chi connectivity index (χ1n) is 4.90. The molecular formula is C10H11N3O3S. The van der Waals surface area contributed by atoms with Gasteiger partial charge in [-0.2, -0.15) is 0 Å². The van der Waals surface area contributed by atoms with Crippen LogP contribution in [0.25, 0.3) is 0 Å². The van der Waals surface area contributed by atoms with Crippen molar-refractivity contribution in [2.24, 2.45) is 5.73 Å². The number of rotatable bonds is 1. The summed E-state index contributed by atoms with van der Waals surface area (Å²) >= 11 is 4.56. The molecule has 0 saturated carbocycles. The van der Waals surface area contributed by atoms with E-state index in [1.165, 1.54) is 0 Å². The summed E-state index contributed by atoms with van der Waals surface area (Å²) in [6.07, 6.45) is -0.730. The molecule has 0 spiro atoms. The fraction of sp³-hybridized carbons (Fsp3) is 0.200. The quantitative estimate of drug-likeness (QED) is 0.470. The van der Waals surface area contributed by atoms with E-state index < -0.39 is 12.0 Å². The van der Waals surface area contributed by atoms with E-state index in [9.17, 15) is 4.79 Å². The maximum atomic E-state index is 11.6. The van der Waals surface area contributed by atoms with E-state index in [2.05, 4.69) is 23.1 Å². The van der Waals surface area contributed by atoms with Gasteiger partial charge in [-0.25, -0.2) is 0 Å². The van der Waals surface area contributed by atoms with Crippen molar-refractivity contribution in [2.45, 2.75) is 6.10 Å². The Morgan fingerprint density at radius 1 is 1.35 bits per heavy atom. The summed E-state index contributed by atoms with van der Waals surface area (Å²) in [7, 11) is 0. The van der Waals surface area contributed by atoms with Crippen molar-refractivity contribution >= 4 is 23.2 Å². The second kappa shape index (κ2) is 4.88. The molecule has 17 heavy (non-hydrogen) atoms. The first kappa shape index (κ1) is 11.5. The zero-order valence-corrected chi connectivity index (χ0v) is 9.62. The van der Waals surface area contributed by atoms with Crippen LogP contribution in [-0.4, -0.2) is 23.7 Å². The Morgan fingerprint density at radius 2 is 2.06 bits per heavy atom. The Morgan fingerprint density at radius 3 is 2.76 bits per heavy atom. The van der Waals surface area contributed by atoms with Gasteiger partial charge in [0, 0.05) is 0 Å². The molecule has 1 aromatic rings. The molecule has 0 radical (unpaired) electrons. The smallest absolute Gasteiger partial charge is 0.283 e. The van der Waals surface area contributed by atoms with Crippen LogP contribution < -0.4 is 26.1 Å². The Labute approximate surface area is 103 Å². The maximum absolute atomic E-state index is 11.6. The van der Waals surface area contributed by atoms with Crippen LogP contribution in [0.15, 0.2) is 24.3 Å². The van der Waals surface area contributed by atoms with Crippen LogP contribution in [-0.2, 0) is 4.79 Å². The van der Waals surface area contributed by atoms with Crippen LogP contribution in [0.5, 0.6) is 11.5 Å². The lowest BCUT2D eigenvalue weighted by atomic mass is 10.2. The number of amides is 1. The Bertz CT molecular complexity index is 452. The second-order valence-corrected chi connectivity index (χ2v) is 3.78. The maximum Gasteiger partial charge on any atom is 0.283 e. The first-order valence-corrected chi connectivity index (χ1v) is 5.31. The predicted octanol–water partition coefficient (Wildman–Crippen LogP) is -0.309. The van der Waals surface area contributed by atoms with E-state index in [0.717, 1.165) is 0 Å². The lowest BCUT2D eigenvalue weighted by molar-refractivity contribution is -0.130. The van der Waals surface area contributed by atoms with Gasteiger partial charge in [-0.05, 0) is 24.4 Å². The zero-order valence-electron chi connectivity index (χ0n) is 8.80. The van der Waals surface area contributed by atoms with Gasteiger partial charge in [-0.1, -0.05) is 12.1 Å². The number of nitrogens with one attached hydrogen (secondary N) is 2. The molecule has 90 valence electrons. The number of benzene rings is 1. The normalized spacial score (nSPS) is 17.1. The SMILES string of the molecule is NC(=S)NNC(=O)C1COc2ccccc2O1. The molecule has 4 N–H and O–H groups in total. The average Bonchev–Trinajstić information content (AvgIpc) is 2.35. The summed E-state index contributed by atoms with van der Waals surface area (Å²) in [6.45, 7) is 0.141. The second-order valence-electron chi connectivity index (χ2n) is 3.34. The highest BCUT2D eigenvalue weighted by Crippen LogP contribution is 2.30. The molecule has 0 saturated heterocycles. The van der Waals surface area contributed by atoms with Crippen molar-refractivity contribution in [3.63, 3.8) is 0 Å². The van der Waals surface area contributed by atoms with Gasteiger partial charge in [0.15, 0.2) is 16.6 Å². The van der Waals surface area contributed by atoms with Crippen LogP contribution in [0.1, 0.15) is 0 Å². The van der Waals surface area contributed by atoms with E-state index >= 15 is 0 Å². The molecule has 7 heteroatoms. The van der Waals surface area contributed by atoms with E-state index in [4.69, 9.17) is 15.2 Å². The van der Waals surface area contributed by atoms with Crippen molar-refractivity contribution in [3.05, 3.63) is 24.3 Å². The molecule has 1 aliphatic heterocycles. The van der Waals surface area contributed by atoms with Crippen molar-refractivity contribution in [2.75, 3.05) is 6.61 Å². The number of fused-ring (bicyclic) bond motifs is 1. The summed E-state index contributed by atoms with van der Waals surface area (Å²) in [4.78, 5) is 11.6. The summed E-state index contributed by atoms with van der Waals surface area (Å²) in [5.74, 6) is 0.764. The number of carbonyl (C=O) groups is 1. The predicted molar refractivity (Wildman–Crippen MR) is 64.4 cm³/mol. The van der Waals surface area contributed by atoms with Crippen LogP contribution in [0.4, 0.5) is 0 Å². The number of hydrogen-bond acceptors (Lipinski definition) is 4. The summed E-state index contributed by atoms with van der Waals surface area (Å²) in [5, 5.41) is -0.0181. The Hall–Kier alpha value is -2.02. The summed E-state index contributed by atoms with van der Waals surface area (Å²) in [5.41, 5.74) is 9.84. The third-order valence-corrected chi connectivity index (χ3v) is 2.21. The minimum Gasteiger partial charge on any atom is -0.485 e. The summed E-state index contributed by atoms with van der Waals surface area (Å²) in [6, 6.07) is 7.14. The van der Waals surface area contributed by atoms with Crippen molar-refractivity contribution < 1.29 is 14.3 Å². The molecule has 0 fully saturated rings. The van der Waals surface area contributed by atoms with Crippen molar-refractivity contribution in [1.29, 1.82) is 0 Å². The lowest BCUT2D eigenvalue weighted by Gasteiger charge is -2.25. The van der Waals surface area contributed by atoms with Crippen molar-refractivity contribution in [1.82, 2.24) is 10.9 Å². The molecular weight excluding hydrogens is 242 g/mol. The highest BCUT2D eigenvalue weighted by atomic mass is 32.1. The highest BCUT2D eigenvalue weighted by Gasteiger charge is 2.27. The van der Waals surface area contributed by atoms with Gasteiger partial charge in [0.05, 0.1) is 0 Å². The Balaban J connectivity index is 1.97. The lowest BCUT2D eigenvalue weighted by Crippen LogP contribution is -2.52. The van der Waals surface area contributed by atoms with Crippen LogP contribution in [0, 0.1) is 0 Å². The van der Waals surface area contributed by atoms with E-state index in [1.807, 2.05) is 6.07 Å². The third kappa shape index (κ3) is 2.76. The Kier molecular flexibility index (Phi) is 3.29. The van der Waals surface area contributed by atoms with Gasteiger partial charge in [0.25, 0.3) is 5.91 Å². The molecule has 1 unspecified atom stereocenters. The zero-order chi connectivity index (χ0) is 12.3. The van der Waals surface area contributed by atoms with Crippen LogP contribution in [0.3, 0.4) is 0 Å². The summed E-state index contributed by atoms with van der Waals surface area (Å²) < 4.78 is 10.9. The number of ether oxygens (including phenoxy) is 2. The van der Waals surface area contributed by atoms with Crippen molar-refractivity contribution in [3.8, 4) is 11.5 Å². The minimum absolute atomic E-state index is 0.0181. The molecule has 1 heterocycles. The number of hydrazine groups is 1. The largest absolute Gasteiger partial charge is 0.485 e. The first-order chi connectivity index (χ1) is 8.16. The van der Waals surface area contributed by atoms with Gasteiger partial charge >= 0.3 is 0 Å². The fourth-order valence-corrected chi connectivity index (χ4v) is 1.40. The molecule has 1 atom stereocenters. The number of nitrogens with two attached hydrogens (primary N) is 1. The molecule has 0 aromatic heterocycles. The van der Waals surface area contributed by atoms with E-state index in [1.54, 1.807) is 18.2 Å². The molecule has 0 aliphatic carbocycles. The number of carbonyl (C=O) groups excluding carboxylic acids is 1. The van der Waals surface area contributed by atoms with Crippen LogP contribution >= 0.6 is 12.2 Å². The molecule has 1 aliphatic rings. The van der Waals surface area contributed by atoms with Gasteiger partial charge in [-0.15, -0.1) is 0 Å². The highest BCUT2D eigenvalue weighted by molar-refractivity contribution is 7.80. The molecule has 2 rings (SSSR count). The van der Waals surface area contributed by atoms with Gasteiger partial charge in [0.2, 0.25) is 6.10 Å². The van der Waals surface area contributed by atoms with Gasteiger partial charge in [-0.3, -0.25) is 15.6 Å². The van der Waals surface area contributed by atoms with Crippen LogP contribution in [0.2, 0.25) is 0 Å². The molecule has 6 nitrogen and oxygen atoms in total. The standard InChI is InChI=1S/C10H11N3O3S/c11-10(17)13-12-9(14)8-5-15-6-3-1-2-4-7(6)16-8/h1-4,8H,5H2,(H,12,14)(H3,11,13,17). The fourth-order valence-electron chi connectivity index (χ4n) is 1.35. The van der Waals surface area contributed by atoms with Gasteiger partial charge in [0.1, 0.15) is 6.61 Å². The molecule has 1 aromatic carbocycles. The number of hydrogen-bond donors (Lipinski definition) is 3. The third-order valence-electron chi connectivity index (χ3n) is 2.11. The van der Waals surface area contributed by atoms with E-state index in [0.29, 0.717) is 11.5 Å². The van der Waals surface area contributed by atoms with Gasteiger partial charge < -0.3 is 15.2 Å².